The molecule has 0 unspecified atom stereocenters. The summed E-state index contributed by atoms with van der Waals surface area (Å²) in [6.07, 6.45) is 1.71. The van der Waals surface area contributed by atoms with Crippen LogP contribution < -0.4 is 10.1 Å². The number of para-hydroxylation sites is 1. The number of nitrogens with one attached hydrogen (secondary N) is 1. The molecule has 1 aromatic carbocycles. The number of rotatable bonds is 2. The van der Waals surface area contributed by atoms with Gasteiger partial charge in [0.2, 0.25) is 0 Å². The molecule has 1 fully saturated rings. The summed E-state index contributed by atoms with van der Waals surface area (Å²) in [5.41, 5.74) is -0.0220. The second-order valence-corrected chi connectivity index (χ2v) is 3.89. The third kappa shape index (κ3) is 2.25. The average Bonchev–Trinajstić information content (AvgIpc) is 2.84. The van der Waals surface area contributed by atoms with Gasteiger partial charge in [-0.3, -0.25) is 0 Å². The van der Waals surface area contributed by atoms with Gasteiger partial charge in [0.15, 0.2) is 0 Å². The van der Waals surface area contributed by atoms with E-state index in [1.54, 1.807) is 12.1 Å². The lowest BCUT2D eigenvalue weighted by atomic mass is 10.3. The Balaban J connectivity index is 1.89. The van der Waals surface area contributed by atoms with Crippen LogP contribution in [-0.4, -0.2) is 11.6 Å². The van der Waals surface area contributed by atoms with E-state index in [4.69, 9.17) is 4.74 Å². The molecule has 0 radical (unpaired) electrons. The van der Waals surface area contributed by atoms with Crippen molar-refractivity contribution in [2.75, 3.05) is 0 Å². The van der Waals surface area contributed by atoms with Crippen LogP contribution in [0, 0.1) is 0 Å². The molecule has 1 aromatic rings. The van der Waals surface area contributed by atoms with E-state index in [9.17, 15) is 4.79 Å². The molecule has 0 aliphatic heterocycles. The quantitative estimate of drug-likeness (QED) is 0.779. The molecule has 1 N–H and O–H groups in total. The summed E-state index contributed by atoms with van der Waals surface area (Å²) >= 11 is 0. The van der Waals surface area contributed by atoms with Crippen LogP contribution in [0.3, 0.4) is 0 Å². The van der Waals surface area contributed by atoms with Crippen molar-refractivity contribution in [1.29, 1.82) is 0 Å². The summed E-state index contributed by atoms with van der Waals surface area (Å²) in [7, 11) is 0. The van der Waals surface area contributed by atoms with E-state index in [1.165, 1.54) is 0 Å². The normalized spacial score (nSPS) is 17.2. The predicted octanol–water partition coefficient (Wildman–Crippen LogP) is 2.33. The van der Waals surface area contributed by atoms with Crippen LogP contribution in [0.1, 0.15) is 19.8 Å². The van der Waals surface area contributed by atoms with E-state index in [0.29, 0.717) is 5.75 Å². The number of hydrogen-bond donors (Lipinski definition) is 1. The van der Waals surface area contributed by atoms with E-state index >= 15 is 0 Å². The molecular formula is C11H13NO2. The van der Waals surface area contributed by atoms with Gasteiger partial charge in [0.05, 0.1) is 0 Å². The molecule has 14 heavy (non-hydrogen) atoms. The van der Waals surface area contributed by atoms with E-state index in [1.807, 2.05) is 25.1 Å². The highest BCUT2D eigenvalue weighted by Gasteiger charge is 2.39. The van der Waals surface area contributed by atoms with Crippen LogP contribution in [-0.2, 0) is 0 Å². The lowest BCUT2D eigenvalue weighted by Crippen LogP contribution is -2.36. The van der Waals surface area contributed by atoms with Crippen LogP contribution in [0.4, 0.5) is 4.79 Å². The van der Waals surface area contributed by atoms with E-state index < -0.39 is 0 Å². The zero-order valence-electron chi connectivity index (χ0n) is 8.12. The predicted molar refractivity (Wildman–Crippen MR) is 53.2 cm³/mol. The molecule has 1 amide bonds. The van der Waals surface area contributed by atoms with Crippen LogP contribution in [0.25, 0.3) is 0 Å². The molecule has 0 heterocycles. The van der Waals surface area contributed by atoms with Crippen LogP contribution in [0.5, 0.6) is 5.75 Å². The second-order valence-electron chi connectivity index (χ2n) is 3.89. The zero-order valence-corrected chi connectivity index (χ0v) is 8.12. The monoisotopic (exact) mass is 191 g/mol. The fourth-order valence-electron chi connectivity index (χ4n) is 1.18. The van der Waals surface area contributed by atoms with Gasteiger partial charge in [-0.25, -0.2) is 4.79 Å². The molecule has 0 bridgehead atoms. The van der Waals surface area contributed by atoms with Crippen molar-refractivity contribution < 1.29 is 9.53 Å². The van der Waals surface area contributed by atoms with Crippen molar-refractivity contribution in [2.45, 2.75) is 25.3 Å². The topological polar surface area (TPSA) is 38.3 Å². The minimum absolute atomic E-state index is 0.0220. The van der Waals surface area contributed by atoms with Crippen LogP contribution in [0.2, 0.25) is 0 Å². The highest BCUT2D eigenvalue weighted by molar-refractivity contribution is 5.71. The highest BCUT2D eigenvalue weighted by atomic mass is 16.6. The van der Waals surface area contributed by atoms with Gasteiger partial charge in [0.1, 0.15) is 5.75 Å². The van der Waals surface area contributed by atoms with Crippen molar-refractivity contribution in [1.82, 2.24) is 5.32 Å². The van der Waals surface area contributed by atoms with Crippen molar-refractivity contribution in [2.24, 2.45) is 0 Å². The number of hydrogen-bond acceptors (Lipinski definition) is 2. The molecule has 0 spiro atoms. The number of carbonyl (C=O) groups is 1. The zero-order chi connectivity index (χ0) is 10.0. The molecule has 3 nitrogen and oxygen atoms in total. The van der Waals surface area contributed by atoms with E-state index in [2.05, 4.69) is 5.32 Å². The number of ether oxygens (including phenoxy) is 1. The van der Waals surface area contributed by atoms with Crippen molar-refractivity contribution in [3.05, 3.63) is 30.3 Å². The van der Waals surface area contributed by atoms with Gasteiger partial charge in [-0.1, -0.05) is 18.2 Å². The highest BCUT2D eigenvalue weighted by Crippen LogP contribution is 2.34. The number of amides is 1. The summed E-state index contributed by atoms with van der Waals surface area (Å²) in [6.45, 7) is 2.01. The molecule has 0 atom stereocenters. The maximum atomic E-state index is 11.3. The Morgan fingerprint density at radius 3 is 2.57 bits per heavy atom. The summed E-state index contributed by atoms with van der Waals surface area (Å²) < 4.78 is 5.08. The average molecular weight is 191 g/mol. The lowest BCUT2D eigenvalue weighted by Gasteiger charge is -2.11. The fraction of sp³-hybridized carbons (Fsp3) is 0.364. The third-order valence-electron chi connectivity index (χ3n) is 2.36. The molecule has 0 aromatic heterocycles. The van der Waals surface area contributed by atoms with Gasteiger partial charge in [0.25, 0.3) is 0 Å². The summed E-state index contributed by atoms with van der Waals surface area (Å²) in [6, 6.07) is 9.07. The lowest BCUT2D eigenvalue weighted by molar-refractivity contribution is 0.195. The summed E-state index contributed by atoms with van der Waals surface area (Å²) in [5, 5.41) is 2.82. The minimum atomic E-state index is -0.365. The Kier molecular flexibility index (Phi) is 2.15. The Bertz CT molecular complexity index is 330. The fourth-order valence-corrected chi connectivity index (χ4v) is 1.18. The molecule has 1 aliphatic carbocycles. The van der Waals surface area contributed by atoms with Gasteiger partial charge in [-0.05, 0) is 31.9 Å². The van der Waals surface area contributed by atoms with Gasteiger partial charge in [-0.2, -0.15) is 0 Å². The molecule has 1 aliphatic rings. The first-order chi connectivity index (χ1) is 6.68. The van der Waals surface area contributed by atoms with Gasteiger partial charge in [0, 0.05) is 5.54 Å². The van der Waals surface area contributed by atoms with Gasteiger partial charge in [-0.15, -0.1) is 0 Å². The Labute approximate surface area is 83.1 Å². The molecule has 0 saturated heterocycles. The first-order valence-corrected chi connectivity index (χ1v) is 4.73. The van der Waals surface area contributed by atoms with E-state index in [0.717, 1.165) is 12.8 Å². The number of benzene rings is 1. The first kappa shape index (κ1) is 9.06. The second kappa shape index (κ2) is 3.33. The van der Waals surface area contributed by atoms with Crippen LogP contribution >= 0.6 is 0 Å². The SMILES string of the molecule is CC1(NC(=O)Oc2ccccc2)CC1. The Morgan fingerprint density at radius 1 is 1.36 bits per heavy atom. The standard InChI is InChI=1S/C11H13NO2/c1-11(7-8-11)12-10(13)14-9-5-3-2-4-6-9/h2-6H,7-8H2,1H3,(H,12,13). The van der Waals surface area contributed by atoms with Crippen molar-refractivity contribution >= 4 is 6.09 Å². The minimum Gasteiger partial charge on any atom is -0.410 e. The molecule has 2 rings (SSSR count). The van der Waals surface area contributed by atoms with Gasteiger partial charge < -0.3 is 10.1 Å². The van der Waals surface area contributed by atoms with Crippen molar-refractivity contribution in [3.63, 3.8) is 0 Å². The Hall–Kier alpha value is -1.51. The summed E-state index contributed by atoms with van der Waals surface area (Å²) in [5.74, 6) is 0.578. The summed E-state index contributed by atoms with van der Waals surface area (Å²) in [4.78, 5) is 11.3. The smallest absolute Gasteiger partial charge is 0.410 e. The third-order valence-corrected chi connectivity index (χ3v) is 2.36. The van der Waals surface area contributed by atoms with Crippen LogP contribution in [0.15, 0.2) is 30.3 Å². The first-order valence-electron chi connectivity index (χ1n) is 4.73. The largest absolute Gasteiger partial charge is 0.413 e. The van der Waals surface area contributed by atoms with E-state index in [-0.39, 0.29) is 11.6 Å². The molecule has 74 valence electrons. The maximum absolute atomic E-state index is 11.3. The molecule has 1 saturated carbocycles. The molecule has 3 heteroatoms. The molecular weight excluding hydrogens is 178 g/mol. The Morgan fingerprint density at radius 2 is 2.00 bits per heavy atom. The number of carbonyl (C=O) groups excluding carboxylic acids is 1. The van der Waals surface area contributed by atoms with Gasteiger partial charge >= 0.3 is 6.09 Å². The maximum Gasteiger partial charge on any atom is 0.413 e. The van der Waals surface area contributed by atoms with Crippen molar-refractivity contribution in [3.8, 4) is 5.75 Å².